The molecule has 0 unspecified atom stereocenters. The van der Waals surface area contributed by atoms with Crippen molar-refractivity contribution in [1.82, 2.24) is 9.88 Å². The number of nitrogens with zero attached hydrogens (tertiary/aromatic N) is 2. The van der Waals surface area contributed by atoms with E-state index in [4.69, 9.17) is 10.2 Å². The van der Waals surface area contributed by atoms with Gasteiger partial charge >= 0.3 is 0 Å². The highest BCUT2D eigenvalue weighted by Gasteiger charge is 2.18. The molecule has 1 aliphatic rings. The summed E-state index contributed by atoms with van der Waals surface area (Å²) in [4.78, 5) is 6.59. The van der Waals surface area contributed by atoms with Gasteiger partial charge in [0.25, 0.3) is 0 Å². The summed E-state index contributed by atoms with van der Waals surface area (Å²) in [6, 6.07) is 6.55. The Balaban J connectivity index is 1.66. The van der Waals surface area contributed by atoms with Gasteiger partial charge in [0.1, 0.15) is 5.82 Å². The maximum absolute atomic E-state index is 12.9. The van der Waals surface area contributed by atoms with Gasteiger partial charge in [-0.3, -0.25) is 4.90 Å². The first kappa shape index (κ1) is 13.3. The van der Waals surface area contributed by atoms with Crippen molar-refractivity contribution in [2.45, 2.75) is 25.4 Å². The van der Waals surface area contributed by atoms with E-state index in [1.807, 2.05) is 0 Å². The lowest BCUT2D eigenvalue weighted by molar-refractivity contribution is 0.189. The Morgan fingerprint density at radius 1 is 1.25 bits per heavy atom. The van der Waals surface area contributed by atoms with Crippen LogP contribution in [-0.4, -0.2) is 29.0 Å². The third-order valence-electron chi connectivity index (χ3n) is 3.67. The third-order valence-corrected chi connectivity index (χ3v) is 3.67. The van der Waals surface area contributed by atoms with Crippen molar-refractivity contribution in [1.29, 1.82) is 0 Å². The molecule has 2 aromatic rings. The SMILES string of the molecule is NC1CCN(Cc2ncc(-c3ccc(F)cc3)o2)CC1. The Kier molecular flexibility index (Phi) is 3.80. The van der Waals surface area contributed by atoms with E-state index >= 15 is 0 Å². The molecule has 4 nitrogen and oxygen atoms in total. The molecule has 3 rings (SSSR count). The topological polar surface area (TPSA) is 55.3 Å². The number of halogens is 1. The summed E-state index contributed by atoms with van der Waals surface area (Å²) >= 11 is 0. The first-order valence-corrected chi connectivity index (χ1v) is 6.89. The quantitative estimate of drug-likeness (QED) is 0.934. The molecule has 1 aromatic carbocycles. The predicted molar refractivity (Wildman–Crippen MR) is 74.4 cm³/mol. The number of rotatable bonds is 3. The molecular weight excluding hydrogens is 257 g/mol. The van der Waals surface area contributed by atoms with E-state index < -0.39 is 0 Å². The smallest absolute Gasteiger partial charge is 0.209 e. The maximum atomic E-state index is 12.9. The van der Waals surface area contributed by atoms with Gasteiger partial charge in [-0.2, -0.15) is 0 Å². The molecule has 1 fully saturated rings. The molecule has 2 heterocycles. The van der Waals surface area contributed by atoms with E-state index in [-0.39, 0.29) is 5.82 Å². The zero-order chi connectivity index (χ0) is 13.9. The number of hydrogen-bond acceptors (Lipinski definition) is 4. The fourth-order valence-electron chi connectivity index (χ4n) is 2.43. The van der Waals surface area contributed by atoms with E-state index in [9.17, 15) is 4.39 Å². The number of benzene rings is 1. The molecule has 0 spiro atoms. The van der Waals surface area contributed by atoms with Crippen LogP contribution >= 0.6 is 0 Å². The molecule has 0 bridgehead atoms. The molecule has 20 heavy (non-hydrogen) atoms. The van der Waals surface area contributed by atoms with Gasteiger partial charge in [0, 0.05) is 24.7 Å². The van der Waals surface area contributed by atoms with Crippen LogP contribution in [0.15, 0.2) is 34.9 Å². The minimum absolute atomic E-state index is 0.252. The summed E-state index contributed by atoms with van der Waals surface area (Å²) in [5.41, 5.74) is 6.73. The van der Waals surface area contributed by atoms with Crippen LogP contribution in [0.3, 0.4) is 0 Å². The van der Waals surface area contributed by atoms with Crippen LogP contribution in [0.5, 0.6) is 0 Å². The second-order valence-corrected chi connectivity index (χ2v) is 5.24. The monoisotopic (exact) mass is 275 g/mol. The molecule has 1 aromatic heterocycles. The van der Waals surface area contributed by atoms with Gasteiger partial charge in [-0.15, -0.1) is 0 Å². The molecule has 0 radical (unpaired) electrons. The average molecular weight is 275 g/mol. The fourth-order valence-corrected chi connectivity index (χ4v) is 2.43. The van der Waals surface area contributed by atoms with Crippen LogP contribution in [0.4, 0.5) is 4.39 Å². The van der Waals surface area contributed by atoms with Gasteiger partial charge in [0.05, 0.1) is 12.7 Å². The minimum Gasteiger partial charge on any atom is -0.439 e. The summed E-state index contributed by atoms with van der Waals surface area (Å²) in [6.45, 7) is 2.67. The fraction of sp³-hybridized carbons (Fsp3) is 0.400. The first-order chi connectivity index (χ1) is 9.70. The number of likely N-dealkylation sites (tertiary alicyclic amines) is 1. The molecule has 5 heteroatoms. The zero-order valence-electron chi connectivity index (χ0n) is 11.3. The van der Waals surface area contributed by atoms with Crippen molar-refractivity contribution >= 4 is 0 Å². The molecule has 0 amide bonds. The Labute approximate surface area is 117 Å². The van der Waals surface area contributed by atoms with E-state index in [0.29, 0.717) is 24.2 Å². The zero-order valence-corrected chi connectivity index (χ0v) is 11.3. The first-order valence-electron chi connectivity index (χ1n) is 6.89. The predicted octanol–water partition coefficient (Wildman–Crippen LogP) is 2.40. The molecule has 106 valence electrons. The van der Waals surface area contributed by atoms with Crippen molar-refractivity contribution in [3.05, 3.63) is 42.2 Å². The summed E-state index contributed by atoms with van der Waals surface area (Å²) in [7, 11) is 0. The van der Waals surface area contributed by atoms with Crippen molar-refractivity contribution in [2.24, 2.45) is 5.73 Å². The Bertz CT molecular complexity index is 559. The van der Waals surface area contributed by atoms with Gasteiger partial charge in [-0.05, 0) is 37.1 Å². The summed E-state index contributed by atoms with van der Waals surface area (Å²) in [5, 5.41) is 0. The highest BCUT2D eigenvalue weighted by Crippen LogP contribution is 2.21. The molecule has 2 N–H and O–H groups in total. The van der Waals surface area contributed by atoms with E-state index in [1.54, 1.807) is 18.3 Å². The van der Waals surface area contributed by atoms with Crippen LogP contribution in [0, 0.1) is 5.82 Å². The highest BCUT2D eigenvalue weighted by molar-refractivity contribution is 5.55. The molecule has 0 aliphatic carbocycles. The highest BCUT2D eigenvalue weighted by atomic mass is 19.1. The van der Waals surface area contributed by atoms with Crippen LogP contribution in [0.1, 0.15) is 18.7 Å². The van der Waals surface area contributed by atoms with Crippen molar-refractivity contribution < 1.29 is 8.81 Å². The van der Waals surface area contributed by atoms with E-state index in [1.165, 1.54) is 12.1 Å². The normalized spacial score (nSPS) is 17.5. The number of hydrogen-bond donors (Lipinski definition) is 1. The Morgan fingerprint density at radius 2 is 1.95 bits per heavy atom. The van der Waals surface area contributed by atoms with Crippen LogP contribution < -0.4 is 5.73 Å². The number of piperidine rings is 1. The van der Waals surface area contributed by atoms with Gasteiger partial charge in [0.2, 0.25) is 5.89 Å². The van der Waals surface area contributed by atoms with Crippen molar-refractivity contribution in [3.8, 4) is 11.3 Å². The molecular formula is C15H18FN3O. The molecule has 0 atom stereocenters. The largest absolute Gasteiger partial charge is 0.439 e. The molecule has 1 aliphatic heterocycles. The van der Waals surface area contributed by atoms with Gasteiger partial charge in [0.15, 0.2) is 5.76 Å². The summed E-state index contributed by atoms with van der Waals surface area (Å²) in [5.74, 6) is 1.12. The number of nitrogens with two attached hydrogens (primary N) is 1. The molecule has 0 saturated carbocycles. The van der Waals surface area contributed by atoms with E-state index in [2.05, 4.69) is 9.88 Å². The van der Waals surface area contributed by atoms with Crippen LogP contribution in [0.2, 0.25) is 0 Å². The average Bonchev–Trinajstić information content (AvgIpc) is 2.91. The minimum atomic E-state index is -0.252. The van der Waals surface area contributed by atoms with Crippen molar-refractivity contribution in [2.75, 3.05) is 13.1 Å². The van der Waals surface area contributed by atoms with Crippen molar-refractivity contribution in [3.63, 3.8) is 0 Å². The summed E-state index contributed by atoms with van der Waals surface area (Å²) < 4.78 is 18.6. The molecule has 1 saturated heterocycles. The van der Waals surface area contributed by atoms with Crippen LogP contribution in [-0.2, 0) is 6.54 Å². The second-order valence-electron chi connectivity index (χ2n) is 5.24. The lowest BCUT2D eigenvalue weighted by Crippen LogP contribution is -2.39. The lowest BCUT2D eigenvalue weighted by Gasteiger charge is -2.28. The van der Waals surface area contributed by atoms with Gasteiger partial charge in [-0.25, -0.2) is 9.37 Å². The second kappa shape index (κ2) is 5.73. The third kappa shape index (κ3) is 3.05. The Hall–Kier alpha value is -1.72. The standard InChI is InChI=1S/C15H18FN3O/c16-12-3-1-11(2-4-12)14-9-18-15(20-14)10-19-7-5-13(17)6-8-19/h1-4,9,13H,5-8,10,17H2. The maximum Gasteiger partial charge on any atom is 0.209 e. The summed E-state index contributed by atoms with van der Waals surface area (Å²) in [6.07, 6.45) is 3.73. The number of aromatic nitrogens is 1. The lowest BCUT2D eigenvalue weighted by atomic mass is 10.1. The van der Waals surface area contributed by atoms with E-state index in [0.717, 1.165) is 31.5 Å². The number of oxazole rings is 1. The van der Waals surface area contributed by atoms with Gasteiger partial charge in [-0.1, -0.05) is 0 Å². The van der Waals surface area contributed by atoms with Gasteiger partial charge < -0.3 is 10.2 Å². The Morgan fingerprint density at radius 3 is 2.65 bits per heavy atom. The van der Waals surface area contributed by atoms with Crippen LogP contribution in [0.25, 0.3) is 11.3 Å².